The molecule has 0 saturated carbocycles. The zero-order valence-electron chi connectivity index (χ0n) is 13.2. The average molecular weight is 340 g/mol. The van der Waals surface area contributed by atoms with E-state index >= 15 is 0 Å². The van der Waals surface area contributed by atoms with Crippen LogP contribution in [0.1, 0.15) is 12.6 Å². The first kappa shape index (κ1) is 15.9. The Kier molecular flexibility index (Phi) is 4.72. The summed E-state index contributed by atoms with van der Waals surface area (Å²) in [6.07, 6.45) is 1.72. The Hall–Kier alpha value is -2.93. The summed E-state index contributed by atoms with van der Waals surface area (Å²) in [5, 5.41) is 16.8. The first-order chi connectivity index (χ1) is 11.7. The minimum absolute atomic E-state index is 0.154. The number of nitrogens with one attached hydrogen (secondary N) is 1. The largest absolute Gasteiger partial charge is 0.507 e. The van der Waals surface area contributed by atoms with E-state index in [4.69, 9.17) is 4.74 Å². The SMILES string of the molecule is COc1ccc(O)c(-c2csc(N/N=C(/C)c3ccccn3)n2)c1. The van der Waals surface area contributed by atoms with E-state index in [0.29, 0.717) is 22.1 Å². The van der Waals surface area contributed by atoms with Crippen LogP contribution in [0.2, 0.25) is 0 Å². The van der Waals surface area contributed by atoms with Crippen LogP contribution < -0.4 is 10.2 Å². The van der Waals surface area contributed by atoms with E-state index in [1.165, 1.54) is 11.3 Å². The van der Waals surface area contributed by atoms with E-state index in [1.807, 2.05) is 30.5 Å². The average Bonchev–Trinajstić information content (AvgIpc) is 3.09. The van der Waals surface area contributed by atoms with Gasteiger partial charge >= 0.3 is 0 Å². The molecule has 0 spiro atoms. The summed E-state index contributed by atoms with van der Waals surface area (Å²) in [4.78, 5) is 8.69. The summed E-state index contributed by atoms with van der Waals surface area (Å²) in [5.74, 6) is 0.815. The molecule has 0 bridgehead atoms. The second-order valence-corrected chi connectivity index (χ2v) is 5.80. The number of anilines is 1. The number of ether oxygens (including phenoxy) is 1. The number of rotatable bonds is 5. The third-order valence-corrected chi connectivity index (χ3v) is 4.09. The summed E-state index contributed by atoms with van der Waals surface area (Å²) in [7, 11) is 1.58. The number of hydrogen-bond acceptors (Lipinski definition) is 7. The van der Waals surface area contributed by atoms with Crippen molar-refractivity contribution in [1.82, 2.24) is 9.97 Å². The number of nitrogens with zero attached hydrogens (tertiary/aromatic N) is 3. The van der Waals surface area contributed by atoms with Gasteiger partial charge in [-0.25, -0.2) is 4.98 Å². The number of hydrogen-bond donors (Lipinski definition) is 2. The van der Waals surface area contributed by atoms with Gasteiger partial charge in [0.1, 0.15) is 11.5 Å². The third-order valence-electron chi connectivity index (χ3n) is 3.34. The number of hydrazone groups is 1. The fourth-order valence-corrected chi connectivity index (χ4v) is 2.71. The molecule has 7 heteroatoms. The monoisotopic (exact) mass is 340 g/mol. The van der Waals surface area contributed by atoms with E-state index in [9.17, 15) is 5.11 Å². The highest BCUT2D eigenvalue weighted by Gasteiger charge is 2.10. The number of aromatic nitrogens is 2. The van der Waals surface area contributed by atoms with Crippen molar-refractivity contribution in [2.24, 2.45) is 5.10 Å². The number of pyridine rings is 1. The van der Waals surface area contributed by atoms with Gasteiger partial charge in [0.15, 0.2) is 0 Å². The van der Waals surface area contributed by atoms with Crippen molar-refractivity contribution in [3.8, 4) is 22.8 Å². The van der Waals surface area contributed by atoms with Crippen LogP contribution in [0.25, 0.3) is 11.3 Å². The van der Waals surface area contributed by atoms with Crippen molar-refractivity contribution in [2.75, 3.05) is 12.5 Å². The molecule has 24 heavy (non-hydrogen) atoms. The van der Waals surface area contributed by atoms with Gasteiger partial charge in [0.2, 0.25) is 5.13 Å². The van der Waals surface area contributed by atoms with Crippen LogP contribution in [-0.2, 0) is 0 Å². The molecule has 0 radical (unpaired) electrons. The smallest absolute Gasteiger partial charge is 0.203 e. The van der Waals surface area contributed by atoms with Crippen LogP contribution >= 0.6 is 11.3 Å². The molecular formula is C17H16N4O2S. The summed E-state index contributed by atoms with van der Waals surface area (Å²) in [6, 6.07) is 10.7. The Labute approximate surface area is 143 Å². The fourth-order valence-electron chi connectivity index (χ4n) is 2.06. The maximum absolute atomic E-state index is 10.0. The molecule has 0 aliphatic carbocycles. The highest BCUT2D eigenvalue weighted by Crippen LogP contribution is 2.34. The van der Waals surface area contributed by atoms with Crippen LogP contribution in [0.4, 0.5) is 5.13 Å². The predicted octanol–water partition coefficient (Wildman–Crippen LogP) is 3.76. The summed E-state index contributed by atoms with van der Waals surface area (Å²) < 4.78 is 5.19. The Balaban J connectivity index is 1.79. The number of phenols is 1. The van der Waals surface area contributed by atoms with Gasteiger partial charge in [0, 0.05) is 17.1 Å². The van der Waals surface area contributed by atoms with Gasteiger partial charge in [-0.2, -0.15) is 5.10 Å². The quantitative estimate of drug-likeness (QED) is 0.546. The second kappa shape index (κ2) is 7.10. The van der Waals surface area contributed by atoms with Crippen LogP contribution in [0, 0.1) is 0 Å². The minimum Gasteiger partial charge on any atom is -0.507 e. The molecule has 0 aliphatic heterocycles. The van der Waals surface area contributed by atoms with E-state index in [-0.39, 0.29) is 5.75 Å². The number of aromatic hydroxyl groups is 1. The lowest BCUT2D eigenvalue weighted by Gasteiger charge is -2.04. The molecule has 2 N–H and O–H groups in total. The predicted molar refractivity (Wildman–Crippen MR) is 95.8 cm³/mol. The van der Waals surface area contributed by atoms with Gasteiger partial charge in [0.05, 0.1) is 24.2 Å². The first-order valence-corrected chi connectivity index (χ1v) is 8.10. The Morgan fingerprint density at radius 1 is 1.29 bits per heavy atom. The third kappa shape index (κ3) is 3.52. The molecule has 3 aromatic rings. The molecular weight excluding hydrogens is 324 g/mol. The number of methoxy groups -OCH3 is 1. The van der Waals surface area contributed by atoms with Crippen LogP contribution in [0.5, 0.6) is 11.5 Å². The van der Waals surface area contributed by atoms with Crippen molar-refractivity contribution in [2.45, 2.75) is 6.92 Å². The molecule has 0 saturated heterocycles. The Morgan fingerprint density at radius 2 is 2.17 bits per heavy atom. The maximum atomic E-state index is 10.0. The molecule has 0 unspecified atom stereocenters. The van der Waals surface area contributed by atoms with Gasteiger partial charge < -0.3 is 9.84 Å². The molecule has 122 valence electrons. The molecule has 3 rings (SSSR count). The van der Waals surface area contributed by atoms with E-state index < -0.39 is 0 Å². The second-order valence-electron chi connectivity index (χ2n) is 4.94. The van der Waals surface area contributed by atoms with Crippen molar-refractivity contribution in [3.63, 3.8) is 0 Å². The molecule has 2 aromatic heterocycles. The van der Waals surface area contributed by atoms with Crippen molar-refractivity contribution < 1.29 is 9.84 Å². The van der Waals surface area contributed by atoms with Gasteiger partial charge in [-0.05, 0) is 37.3 Å². The number of phenolic OH excluding ortho intramolecular Hbond substituents is 1. The summed E-state index contributed by atoms with van der Waals surface area (Å²) >= 11 is 1.40. The molecule has 2 heterocycles. The lowest BCUT2D eigenvalue weighted by atomic mass is 10.1. The van der Waals surface area contributed by atoms with Gasteiger partial charge in [-0.3, -0.25) is 10.4 Å². The number of benzene rings is 1. The van der Waals surface area contributed by atoms with Crippen LogP contribution in [0.3, 0.4) is 0 Å². The zero-order valence-corrected chi connectivity index (χ0v) is 14.0. The van der Waals surface area contributed by atoms with Crippen LogP contribution in [-0.4, -0.2) is 27.9 Å². The minimum atomic E-state index is 0.154. The zero-order chi connectivity index (χ0) is 16.9. The first-order valence-electron chi connectivity index (χ1n) is 7.22. The van der Waals surface area contributed by atoms with E-state index in [1.54, 1.807) is 31.5 Å². The maximum Gasteiger partial charge on any atom is 0.203 e. The number of thiazole rings is 1. The Morgan fingerprint density at radius 3 is 2.92 bits per heavy atom. The van der Waals surface area contributed by atoms with Gasteiger partial charge in [-0.15, -0.1) is 11.3 Å². The highest BCUT2D eigenvalue weighted by molar-refractivity contribution is 7.14. The van der Waals surface area contributed by atoms with E-state index in [2.05, 4.69) is 20.5 Å². The molecule has 0 aliphatic rings. The molecule has 0 atom stereocenters. The van der Waals surface area contributed by atoms with Gasteiger partial charge in [-0.1, -0.05) is 6.07 Å². The topological polar surface area (TPSA) is 79.6 Å². The van der Waals surface area contributed by atoms with Crippen molar-refractivity contribution in [3.05, 3.63) is 53.7 Å². The van der Waals surface area contributed by atoms with Crippen LogP contribution in [0.15, 0.2) is 53.1 Å². The fraction of sp³-hybridized carbons (Fsp3) is 0.118. The lowest BCUT2D eigenvalue weighted by molar-refractivity contribution is 0.412. The summed E-state index contributed by atoms with van der Waals surface area (Å²) in [6.45, 7) is 1.87. The lowest BCUT2D eigenvalue weighted by Crippen LogP contribution is -2.01. The molecule has 6 nitrogen and oxygen atoms in total. The van der Waals surface area contributed by atoms with Crippen molar-refractivity contribution >= 4 is 22.2 Å². The molecule has 0 amide bonds. The molecule has 0 fully saturated rings. The normalized spacial score (nSPS) is 11.3. The molecule has 1 aromatic carbocycles. The highest BCUT2D eigenvalue weighted by atomic mass is 32.1. The standard InChI is InChI=1S/C17H16N4O2S/c1-11(14-5-3-4-8-18-14)20-21-17-19-15(10-24-17)13-9-12(23-2)6-7-16(13)22/h3-10,22H,1-2H3,(H,19,21)/b20-11-. The Bertz CT molecular complexity index is 862. The van der Waals surface area contributed by atoms with Gasteiger partial charge in [0.25, 0.3) is 0 Å². The summed E-state index contributed by atoms with van der Waals surface area (Å²) in [5.41, 5.74) is 5.75. The van der Waals surface area contributed by atoms with Crippen molar-refractivity contribution in [1.29, 1.82) is 0 Å². The van der Waals surface area contributed by atoms with E-state index in [0.717, 1.165) is 11.4 Å².